The van der Waals surface area contributed by atoms with E-state index in [1.165, 1.54) is 12.1 Å². The van der Waals surface area contributed by atoms with Gasteiger partial charge >= 0.3 is 0 Å². The average Bonchev–Trinajstić information content (AvgIpc) is 2.63. The molecular formula is C20H27ClFN5O. The number of anilines is 2. The van der Waals surface area contributed by atoms with Crippen LogP contribution in [0.3, 0.4) is 0 Å². The lowest BCUT2D eigenvalue weighted by atomic mass is 9.91. The number of carbonyl (C=O) groups excluding carboxylic acids is 1. The van der Waals surface area contributed by atoms with Crippen LogP contribution in [-0.4, -0.2) is 42.1 Å². The summed E-state index contributed by atoms with van der Waals surface area (Å²) in [6, 6.07) is 8.39. The summed E-state index contributed by atoms with van der Waals surface area (Å²) >= 11 is 0. The van der Waals surface area contributed by atoms with Crippen molar-refractivity contribution in [3.63, 3.8) is 0 Å². The van der Waals surface area contributed by atoms with Gasteiger partial charge in [-0.1, -0.05) is 12.1 Å². The van der Waals surface area contributed by atoms with Gasteiger partial charge in [0, 0.05) is 32.2 Å². The van der Waals surface area contributed by atoms with Gasteiger partial charge in [-0.15, -0.1) is 12.4 Å². The van der Waals surface area contributed by atoms with Crippen molar-refractivity contribution < 1.29 is 9.18 Å². The number of amides is 1. The number of nitrogens with zero attached hydrogens (tertiary/aromatic N) is 3. The van der Waals surface area contributed by atoms with Crippen LogP contribution in [0.2, 0.25) is 0 Å². The van der Waals surface area contributed by atoms with Crippen LogP contribution in [0, 0.1) is 12.7 Å². The SMILES string of the molecule is Cc1nc(NC2CCC(NC(=O)c3ccccc3F)CC2)cc(N(C)C)n1.Cl. The minimum absolute atomic E-state index is 0. The van der Waals surface area contributed by atoms with Gasteiger partial charge in [0.25, 0.3) is 5.91 Å². The Hall–Kier alpha value is -2.41. The molecule has 1 heterocycles. The molecule has 1 aliphatic rings. The van der Waals surface area contributed by atoms with E-state index < -0.39 is 5.82 Å². The minimum Gasteiger partial charge on any atom is -0.367 e. The largest absolute Gasteiger partial charge is 0.367 e. The first kappa shape index (κ1) is 21.9. The Morgan fingerprint density at radius 2 is 1.75 bits per heavy atom. The van der Waals surface area contributed by atoms with E-state index in [1.54, 1.807) is 12.1 Å². The lowest BCUT2D eigenvalue weighted by molar-refractivity contribution is 0.0922. The van der Waals surface area contributed by atoms with Crippen LogP contribution in [0.4, 0.5) is 16.0 Å². The van der Waals surface area contributed by atoms with Gasteiger partial charge < -0.3 is 15.5 Å². The molecule has 1 saturated carbocycles. The molecule has 1 fully saturated rings. The summed E-state index contributed by atoms with van der Waals surface area (Å²) in [5.41, 5.74) is 0.102. The maximum atomic E-state index is 13.7. The summed E-state index contributed by atoms with van der Waals surface area (Å²) in [4.78, 5) is 23.1. The molecule has 1 aliphatic carbocycles. The van der Waals surface area contributed by atoms with Crippen LogP contribution in [0.25, 0.3) is 0 Å². The molecule has 1 aromatic heterocycles. The normalized spacial score (nSPS) is 18.7. The molecule has 152 valence electrons. The summed E-state index contributed by atoms with van der Waals surface area (Å²) in [5, 5.41) is 6.44. The van der Waals surface area contributed by atoms with Crippen molar-refractivity contribution in [1.29, 1.82) is 0 Å². The highest BCUT2D eigenvalue weighted by Gasteiger charge is 2.24. The van der Waals surface area contributed by atoms with E-state index in [0.717, 1.165) is 43.1 Å². The van der Waals surface area contributed by atoms with Crippen molar-refractivity contribution in [1.82, 2.24) is 15.3 Å². The third-order valence-electron chi connectivity index (χ3n) is 4.82. The fourth-order valence-electron chi connectivity index (χ4n) is 3.35. The van der Waals surface area contributed by atoms with Gasteiger partial charge in [0.2, 0.25) is 0 Å². The number of rotatable bonds is 5. The fourth-order valence-corrected chi connectivity index (χ4v) is 3.35. The van der Waals surface area contributed by atoms with Crippen molar-refractivity contribution in [2.24, 2.45) is 0 Å². The first-order chi connectivity index (χ1) is 12.9. The van der Waals surface area contributed by atoms with Crippen molar-refractivity contribution >= 4 is 29.9 Å². The predicted octanol–water partition coefficient (Wildman–Crippen LogP) is 3.57. The maximum absolute atomic E-state index is 13.7. The topological polar surface area (TPSA) is 70.2 Å². The van der Waals surface area contributed by atoms with E-state index in [2.05, 4.69) is 20.6 Å². The van der Waals surface area contributed by atoms with Crippen LogP contribution >= 0.6 is 12.4 Å². The Balaban J connectivity index is 0.00000280. The van der Waals surface area contributed by atoms with Crippen molar-refractivity contribution in [2.75, 3.05) is 24.3 Å². The molecule has 1 aromatic carbocycles. The number of hydrogen-bond acceptors (Lipinski definition) is 5. The van der Waals surface area contributed by atoms with Crippen LogP contribution in [0.5, 0.6) is 0 Å². The minimum atomic E-state index is -0.485. The molecule has 3 rings (SSSR count). The van der Waals surface area contributed by atoms with E-state index in [0.29, 0.717) is 6.04 Å². The molecule has 0 radical (unpaired) electrons. The highest BCUT2D eigenvalue weighted by Crippen LogP contribution is 2.23. The van der Waals surface area contributed by atoms with E-state index >= 15 is 0 Å². The van der Waals surface area contributed by atoms with E-state index in [-0.39, 0.29) is 29.9 Å². The molecule has 2 aromatic rings. The second-order valence-corrected chi connectivity index (χ2v) is 7.20. The number of carbonyl (C=O) groups is 1. The van der Waals surface area contributed by atoms with Gasteiger partial charge in [-0.05, 0) is 44.7 Å². The van der Waals surface area contributed by atoms with Crippen LogP contribution in [-0.2, 0) is 0 Å². The smallest absolute Gasteiger partial charge is 0.254 e. The number of aryl methyl sites for hydroxylation is 1. The van der Waals surface area contributed by atoms with Crippen LogP contribution in [0.1, 0.15) is 41.9 Å². The lowest BCUT2D eigenvalue weighted by Gasteiger charge is -2.30. The first-order valence-electron chi connectivity index (χ1n) is 9.27. The van der Waals surface area contributed by atoms with Gasteiger partial charge in [0.15, 0.2) is 0 Å². The Bertz CT molecular complexity index is 809. The molecule has 6 nitrogen and oxygen atoms in total. The number of nitrogens with one attached hydrogen (secondary N) is 2. The summed E-state index contributed by atoms with van der Waals surface area (Å²) < 4.78 is 13.7. The third kappa shape index (κ3) is 5.55. The standard InChI is InChI=1S/C20H26FN5O.ClH/c1-13-22-18(12-19(23-13)26(2)3)24-14-8-10-15(11-9-14)25-20(27)16-6-4-5-7-17(16)21;/h4-7,12,14-15H,8-11H2,1-3H3,(H,25,27)(H,22,23,24);1H. The van der Waals surface area contributed by atoms with Gasteiger partial charge in [0.05, 0.1) is 5.56 Å². The van der Waals surface area contributed by atoms with Crippen molar-refractivity contribution in [3.8, 4) is 0 Å². The Morgan fingerprint density at radius 1 is 1.11 bits per heavy atom. The first-order valence-corrected chi connectivity index (χ1v) is 9.27. The fraction of sp³-hybridized carbons (Fsp3) is 0.450. The quantitative estimate of drug-likeness (QED) is 0.793. The Kier molecular flexibility index (Phi) is 7.57. The molecule has 0 atom stereocenters. The number of hydrogen-bond donors (Lipinski definition) is 2. The number of aromatic nitrogens is 2. The van der Waals surface area contributed by atoms with Gasteiger partial charge in [-0.2, -0.15) is 0 Å². The molecule has 0 bridgehead atoms. The molecule has 0 spiro atoms. The summed E-state index contributed by atoms with van der Waals surface area (Å²) in [6.07, 6.45) is 3.54. The molecule has 28 heavy (non-hydrogen) atoms. The van der Waals surface area contributed by atoms with E-state index in [9.17, 15) is 9.18 Å². The summed E-state index contributed by atoms with van der Waals surface area (Å²) in [5.74, 6) is 1.60. The predicted molar refractivity (Wildman–Crippen MR) is 112 cm³/mol. The zero-order valence-corrected chi connectivity index (χ0v) is 17.2. The second-order valence-electron chi connectivity index (χ2n) is 7.20. The molecule has 0 saturated heterocycles. The zero-order chi connectivity index (χ0) is 19.4. The molecule has 0 unspecified atom stereocenters. The Morgan fingerprint density at radius 3 is 2.39 bits per heavy atom. The van der Waals surface area contributed by atoms with E-state index in [4.69, 9.17) is 0 Å². The molecule has 0 aliphatic heterocycles. The zero-order valence-electron chi connectivity index (χ0n) is 16.4. The highest BCUT2D eigenvalue weighted by molar-refractivity contribution is 5.94. The highest BCUT2D eigenvalue weighted by atomic mass is 35.5. The third-order valence-corrected chi connectivity index (χ3v) is 4.82. The number of halogens is 2. The van der Waals surface area contributed by atoms with Crippen LogP contribution < -0.4 is 15.5 Å². The summed E-state index contributed by atoms with van der Waals surface area (Å²) in [6.45, 7) is 1.88. The molecular weight excluding hydrogens is 381 g/mol. The van der Waals surface area contributed by atoms with Crippen molar-refractivity contribution in [3.05, 3.63) is 47.5 Å². The second kappa shape index (κ2) is 9.68. The van der Waals surface area contributed by atoms with E-state index in [1.807, 2.05) is 32.0 Å². The van der Waals surface area contributed by atoms with Crippen LogP contribution in [0.15, 0.2) is 30.3 Å². The van der Waals surface area contributed by atoms with Gasteiger partial charge in [0.1, 0.15) is 23.3 Å². The summed E-state index contributed by atoms with van der Waals surface area (Å²) in [7, 11) is 3.91. The Labute approximate surface area is 171 Å². The molecule has 2 N–H and O–H groups in total. The average molecular weight is 408 g/mol. The number of benzene rings is 1. The lowest BCUT2D eigenvalue weighted by Crippen LogP contribution is -2.40. The monoisotopic (exact) mass is 407 g/mol. The molecule has 1 amide bonds. The van der Waals surface area contributed by atoms with Gasteiger partial charge in [-0.3, -0.25) is 4.79 Å². The molecule has 8 heteroatoms. The van der Waals surface area contributed by atoms with Gasteiger partial charge in [-0.25, -0.2) is 14.4 Å². The van der Waals surface area contributed by atoms with Crippen molar-refractivity contribution in [2.45, 2.75) is 44.7 Å². The maximum Gasteiger partial charge on any atom is 0.254 e.